The van der Waals surface area contributed by atoms with Crippen molar-refractivity contribution in [3.05, 3.63) is 52.8 Å². The van der Waals surface area contributed by atoms with Crippen molar-refractivity contribution in [3.63, 3.8) is 0 Å². The van der Waals surface area contributed by atoms with E-state index in [4.69, 9.17) is 5.73 Å². The minimum absolute atomic E-state index is 0.166. The third-order valence-corrected chi connectivity index (χ3v) is 5.56. The van der Waals surface area contributed by atoms with Gasteiger partial charge in [-0.15, -0.1) is 0 Å². The standard InChI is InChI=1S/C14H14BrFN2O2S/c1-2-18(10-6-4-3-5-7-10)21(19,20)14-9-13(17)11(15)8-12(14)16/h3-9H,2,17H2,1H3. The first-order valence-corrected chi connectivity index (χ1v) is 8.43. The van der Waals surface area contributed by atoms with Crippen molar-refractivity contribution < 1.29 is 12.8 Å². The van der Waals surface area contributed by atoms with Crippen LogP contribution in [0.5, 0.6) is 0 Å². The zero-order valence-corrected chi connectivity index (χ0v) is 13.7. The maximum atomic E-state index is 14.0. The molecule has 0 aromatic heterocycles. The van der Waals surface area contributed by atoms with Crippen molar-refractivity contribution in [2.24, 2.45) is 0 Å². The Morgan fingerprint density at radius 3 is 2.43 bits per heavy atom. The van der Waals surface area contributed by atoms with Crippen LogP contribution in [0, 0.1) is 5.82 Å². The lowest BCUT2D eigenvalue weighted by Crippen LogP contribution is -2.31. The van der Waals surface area contributed by atoms with Crippen LogP contribution in [0.15, 0.2) is 51.8 Å². The van der Waals surface area contributed by atoms with Gasteiger partial charge in [0.15, 0.2) is 0 Å². The largest absolute Gasteiger partial charge is 0.398 e. The van der Waals surface area contributed by atoms with Gasteiger partial charge in [0, 0.05) is 16.7 Å². The molecule has 0 aliphatic heterocycles. The van der Waals surface area contributed by atoms with Crippen molar-refractivity contribution >= 4 is 37.3 Å². The Labute approximate surface area is 131 Å². The van der Waals surface area contributed by atoms with Gasteiger partial charge in [-0.25, -0.2) is 12.8 Å². The van der Waals surface area contributed by atoms with Gasteiger partial charge in [-0.2, -0.15) is 0 Å². The fraction of sp³-hybridized carbons (Fsp3) is 0.143. The molecule has 0 aliphatic rings. The molecule has 112 valence electrons. The topological polar surface area (TPSA) is 63.4 Å². The molecule has 0 spiro atoms. The van der Waals surface area contributed by atoms with E-state index in [0.717, 1.165) is 16.4 Å². The number of rotatable bonds is 4. The smallest absolute Gasteiger partial charge is 0.267 e. The molecule has 0 bridgehead atoms. The first kappa shape index (κ1) is 15.8. The highest BCUT2D eigenvalue weighted by atomic mass is 79.9. The summed E-state index contributed by atoms with van der Waals surface area (Å²) in [6, 6.07) is 10.7. The predicted octanol–water partition coefficient (Wildman–Crippen LogP) is 3.39. The number of anilines is 2. The van der Waals surface area contributed by atoms with Crippen molar-refractivity contribution in [3.8, 4) is 0 Å². The number of nitrogens with two attached hydrogens (primary N) is 1. The number of nitrogen functional groups attached to an aromatic ring is 1. The SMILES string of the molecule is CCN(c1ccccc1)S(=O)(=O)c1cc(N)c(Br)cc1F. The third kappa shape index (κ3) is 3.03. The van der Waals surface area contributed by atoms with Crippen LogP contribution in [0.2, 0.25) is 0 Å². The van der Waals surface area contributed by atoms with E-state index in [1.807, 2.05) is 0 Å². The van der Waals surface area contributed by atoms with E-state index in [1.54, 1.807) is 37.3 Å². The Hall–Kier alpha value is -1.60. The number of benzene rings is 2. The molecule has 0 saturated heterocycles. The number of halogens is 2. The minimum Gasteiger partial charge on any atom is -0.398 e. The molecule has 2 rings (SSSR count). The lowest BCUT2D eigenvalue weighted by Gasteiger charge is -2.23. The predicted molar refractivity (Wildman–Crippen MR) is 85.2 cm³/mol. The van der Waals surface area contributed by atoms with E-state index in [0.29, 0.717) is 10.2 Å². The molecule has 2 aromatic carbocycles. The molecular formula is C14H14BrFN2O2S. The van der Waals surface area contributed by atoms with Crippen LogP contribution in [0.3, 0.4) is 0 Å². The molecule has 0 fully saturated rings. The second-order valence-corrected chi connectivity index (χ2v) is 6.99. The van der Waals surface area contributed by atoms with Gasteiger partial charge in [0.2, 0.25) is 0 Å². The minimum atomic E-state index is -4.02. The molecule has 0 atom stereocenters. The number of nitrogens with zero attached hydrogens (tertiary/aromatic N) is 1. The Morgan fingerprint density at radius 2 is 1.86 bits per heavy atom. The summed E-state index contributed by atoms with van der Waals surface area (Å²) in [6.45, 7) is 1.87. The van der Waals surface area contributed by atoms with Gasteiger partial charge in [-0.1, -0.05) is 18.2 Å². The first-order chi connectivity index (χ1) is 9.87. The zero-order chi connectivity index (χ0) is 15.6. The van der Waals surface area contributed by atoms with Gasteiger partial charge in [0.25, 0.3) is 10.0 Å². The van der Waals surface area contributed by atoms with E-state index in [2.05, 4.69) is 15.9 Å². The average Bonchev–Trinajstić information content (AvgIpc) is 2.44. The second kappa shape index (κ2) is 6.03. The molecular weight excluding hydrogens is 359 g/mol. The van der Waals surface area contributed by atoms with Crippen LogP contribution in [0.25, 0.3) is 0 Å². The zero-order valence-electron chi connectivity index (χ0n) is 11.3. The molecule has 0 radical (unpaired) electrons. The molecule has 7 heteroatoms. The monoisotopic (exact) mass is 372 g/mol. The third-order valence-electron chi connectivity index (χ3n) is 2.95. The summed E-state index contributed by atoms with van der Waals surface area (Å²) < 4.78 is 40.8. The number of sulfonamides is 1. The van der Waals surface area contributed by atoms with Crippen LogP contribution in [0.4, 0.5) is 15.8 Å². The molecule has 21 heavy (non-hydrogen) atoms. The maximum Gasteiger partial charge on any atom is 0.267 e. The van der Waals surface area contributed by atoms with E-state index in [-0.39, 0.29) is 12.2 Å². The molecule has 0 aliphatic carbocycles. The van der Waals surface area contributed by atoms with Gasteiger partial charge in [-0.3, -0.25) is 4.31 Å². The number of hydrogen-bond acceptors (Lipinski definition) is 3. The van der Waals surface area contributed by atoms with E-state index < -0.39 is 20.7 Å². The van der Waals surface area contributed by atoms with Crippen molar-refractivity contribution in [1.82, 2.24) is 0 Å². The fourth-order valence-electron chi connectivity index (χ4n) is 1.95. The molecule has 0 heterocycles. The van der Waals surface area contributed by atoms with Crippen LogP contribution in [-0.4, -0.2) is 15.0 Å². The average molecular weight is 373 g/mol. The van der Waals surface area contributed by atoms with Crippen LogP contribution >= 0.6 is 15.9 Å². The lowest BCUT2D eigenvalue weighted by molar-refractivity contribution is 0.564. The molecule has 2 N–H and O–H groups in total. The molecule has 4 nitrogen and oxygen atoms in total. The normalized spacial score (nSPS) is 11.4. The molecule has 0 amide bonds. The van der Waals surface area contributed by atoms with Crippen molar-refractivity contribution in [1.29, 1.82) is 0 Å². The quantitative estimate of drug-likeness (QED) is 0.836. The molecule has 2 aromatic rings. The summed E-state index contributed by atoms with van der Waals surface area (Å²) in [6.07, 6.45) is 0. The Kier molecular flexibility index (Phi) is 4.53. The Bertz CT molecular complexity index is 751. The van der Waals surface area contributed by atoms with Gasteiger partial charge in [0.05, 0.1) is 5.69 Å². The van der Waals surface area contributed by atoms with E-state index in [1.165, 1.54) is 0 Å². The van der Waals surface area contributed by atoms with Crippen LogP contribution in [0.1, 0.15) is 6.92 Å². The lowest BCUT2D eigenvalue weighted by atomic mass is 10.3. The number of para-hydroxylation sites is 1. The maximum absolute atomic E-state index is 14.0. The van der Waals surface area contributed by atoms with Crippen molar-refractivity contribution in [2.45, 2.75) is 11.8 Å². The fourth-order valence-corrected chi connectivity index (χ4v) is 3.82. The summed E-state index contributed by atoms with van der Waals surface area (Å²) >= 11 is 3.07. The highest BCUT2D eigenvalue weighted by Crippen LogP contribution is 2.30. The van der Waals surface area contributed by atoms with Crippen molar-refractivity contribution in [2.75, 3.05) is 16.6 Å². The van der Waals surface area contributed by atoms with Gasteiger partial charge < -0.3 is 5.73 Å². The summed E-state index contributed by atoms with van der Waals surface area (Å²) in [5.74, 6) is -0.842. The molecule has 0 saturated carbocycles. The molecule has 0 unspecified atom stereocenters. The summed E-state index contributed by atoms with van der Waals surface area (Å²) in [4.78, 5) is -0.436. The van der Waals surface area contributed by atoms with Crippen LogP contribution in [-0.2, 0) is 10.0 Å². The van der Waals surface area contributed by atoms with Gasteiger partial charge in [-0.05, 0) is 47.1 Å². The number of hydrogen-bond donors (Lipinski definition) is 1. The highest BCUT2D eigenvalue weighted by molar-refractivity contribution is 9.10. The Morgan fingerprint density at radius 1 is 1.24 bits per heavy atom. The van der Waals surface area contributed by atoms with Gasteiger partial charge in [0.1, 0.15) is 10.7 Å². The first-order valence-electron chi connectivity index (χ1n) is 6.20. The van der Waals surface area contributed by atoms with E-state index >= 15 is 0 Å². The van der Waals surface area contributed by atoms with E-state index in [9.17, 15) is 12.8 Å². The second-order valence-electron chi connectivity index (χ2n) is 4.31. The summed E-state index contributed by atoms with van der Waals surface area (Å²) in [5, 5.41) is 0. The highest BCUT2D eigenvalue weighted by Gasteiger charge is 2.27. The van der Waals surface area contributed by atoms with Gasteiger partial charge >= 0.3 is 0 Å². The summed E-state index contributed by atoms with van der Waals surface area (Å²) in [5.41, 5.74) is 6.31. The Balaban J connectivity index is 2.58. The van der Waals surface area contributed by atoms with Crippen LogP contribution < -0.4 is 10.0 Å². The summed E-state index contributed by atoms with van der Waals surface area (Å²) in [7, 11) is -4.02.